The summed E-state index contributed by atoms with van der Waals surface area (Å²) in [6.07, 6.45) is 2.26. The lowest BCUT2D eigenvalue weighted by molar-refractivity contribution is 0.359. The van der Waals surface area contributed by atoms with Gasteiger partial charge in [0, 0.05) is 11.6 Å². The van der Waals surface area contributed by atoms with E-state index in [1.165, 1.54) is 18.2 Å². The van der Waals surface area contributed by atoms with Crippen molar-refractivity contribution in [2.24, 2.45) is 5.92 Å². The van der Waals surface area contributed by atoms with Crippen LogP contribution in [0.2, 0.25) is 0 Å². The van der Waals surface area contributed by atoms with Crippen LogP contribution in [-0.4, -0.2) is 25.2 Å². The van der Waals surface area contributed by atoms with Crippen LogP contribution in [0.25, 0.3) is 0 Å². The molecule has 2 unspecified atom stereocenters. The first-order chi connectivity index (χ1) is 9.26. The largest absolute Gasteiger partial charge is 0.496 e. The van der Waals surface area contributed by atoms with Gasteiger partial charge in [0.05, 0.1) is 7.11 Å². The maximum atomic E-state index is 13.6. The van der Waals surface area contributed by atoms with Crippen molar-refractivity contribution in [3.8, 4) is 5.75 Å². The Labute approximate surface area is 119 Å². The van der Waals surface area contributed by atoms with Gasteiger partial charge in [0.2, 0.25) is 0 Å². The van der Waals surface area contributed by atoms with E-state index in [2.05, 4.69) is 12.2 Å². The average Bonchev–Trinajstić information content (AvgIpc) is 2.93. The molecule has 1 heterocycles. The van der Waals surface area contributed by atoms with Gasteiger partial charge in [0.15, 0.2) is 0 Å². The summed E-state index contributed by atoms with van der Waals surface area (Å²) in [6.45, 7) is 3.10. The molecule has 4 heteroatoms. The third kappa shape index (κ3) is 3.63. The summed E-state index contributed by atoms with van der Waals surface area (Å²) in [5.74, 6) is 3.50. The first-order valence-corrected chi connectivity index (χ1v) is 8.06. The van der Waals surface area contributed by atoms with Crippen LogP contribution in [-0.2, 0) is 0 Å². The Morgan fingerprint density at radius 2 is 2.37 bits per heavy atom. The topological polar surface area (TPSA) is 21.3 Å². The second-order valence-corrected chi connectivity index (χ2v) is 6.09. The van der Waals surface area contributed by atoms with Crippen LogP contribution in [0.5, 0.6) is 5.75 Å². The quantitative estimate of drug-likeness (QED) is 0.861. The van der Waals surface area contributed by atoms with E-state index in [0.29, 0.717) is 5.92 Å². The number of halogens is 1. The highest BCUT2D eigenvalue weighted by Crippen LogP contribution is 2.38. The number of ether oxygens (including phenoxy) is 1. The maximum absolute atomic E-state index is 13.6. The van der Waals surface area contributed by atoms with Crippen LogP contribution in [0, 0.1) is 11.7 Å². The monoisotopic (exact) mass is 283 g/mol. The minimum absolute atomic E-state index is 0.190. The Hall–Kier alpha value is -0.740. The van der Waals surface area contributed by atoms with Gasteiger partial charge < -0.3 is 10.1 Å². The molecule has 0 bridgehead atoms. The van der Waals surface area contributed by atoms with E-state index in [4.69, 9.17) is 4.74 Å². The van der Waals surface area contributed by atoms with Gasteiger partial charge in [-0.2, -0.15) is 11.8 Å². The highest BCUT2D eigenvalue weighted by Gasteiger charge is 2.28. The molecule has 1 aromatic carbocycles. The van der Waals surface area contributed by atoms with Gasteiger partial charge in [-0.15, -0.1) is 0 Å². The first-order valence-electron chi connectivity index (χ1n) is 6.90. The number of hydrogen-bond donors (Lipinski definition) is 1. The van der Waals surface area contributed by atoms with E-state index >= 15 is 0 Å². The maximum Gasteiger partial charge on any atom is 0.123 e. The third-order valence-electron chi connectivity index (χ3n) is 3.58. The summed E-state index contributed by atoms with van der Waals surface area (Å²) < 4.78 is 19.0. The van der Waals surface area contributed by atoms with Crippen LogP contribution in [0.15, 0.2) is 18.2 Å². The smallest absolute Gasteiger partial charge is 0.123 e. The van der Waals surface area contributed by atoms with Crippen LogP contribution in [0.3, 0.4) is 0 Å². The molecule has 2 nitrogen and oxygen atoms in total. The van der Waals surface area contributed by atoms with E-state index in [9.17, 15) is 4.39 Å². The molecule has 1 N–H and O–H groups in total. The molecule has 0 aliphatic carbocycles. The molecule has 0 radical (unpaired) electrons. The Balaban J connectivity index is 2.27. The molecule has 19 heavy (non-hydrogen) atoms. The number of methoxy groups -OCH3 is 1. The number of rotatable bonds is 6. The lowest BCUT2D eigenvalue weighted by atomic mass is 9.91. The molecule has 1 aliphatic rings. The summed E-state index contributed by atoms with van der Waals surface area (Å²) in [5, 5.41) is 3.57. The molecule has 1 saturated heterocycles. The molecule has 0 aromatic heterocycles. The second kappa shape index (κ2) is 7.15. The molecular formula is C15H22FNOS. The van der Waals surface area contributed by atoms with Crippen molar-refractivity contribution in [2.45, 2.75) is 25.8 Å². The molecule has 2 rings (SSSR count). The first kappa shape index (κ1) is 14.7. The van der Waals surface area contributed by atoms with Crippen LogP contribution in [0.1, 0.15) is 31.4 Å². The molecule has 106 valence electrons. The zero-order valence-corrected chi connectivity index (χ0v) is 12.4. The van der Waals surface area contributed by atoms with Crippen molar-refractivity contribution in [3.63, 3.8) is 0 Å². The summed E-state index contributed by atoms with van der Waals surface area (Å²) in [7, 11) is 1.65. The molecule has 0 spiro atoms. The zero-order valence-electron chi connectivity index (χ0n) is 11.6. The normalized spacial score (nSPS) is 20.5. The van der Waals surface area contributed by atoms with E-state index in [-0.39, 0.29) is 11.9 Å². The zero-order chi connectivity index (χ0) is 13.7. The van der Waals surface area contributed by atoms with E-state index < -0.39 is 0 Å². The van der Waals surface area contributed by atoms with Gasteiger partial charge in [-0.3, -0.25) is 0 Å². The standard InChI is InChI=1S/C15H22FNOS/c1-3-7-17-15(11-6-8-19-10-11)13-9-12(16)4-5-14(13)18-2/h4-5,9,11,15,17H,3,6-8,10H2,1-2H3. The lowest BCUT2D eigenvalue weighted by Crippen LogP contribution is -2.29. The van der Waals surface area contributed by atoms with Gasteiger partial charge in [0.1, 0.15) is 11.6 Å². The van der Waals surface area contributed by atoms with Crippen LogP contribution in [0.4, 0.5) is 4.39 Å². The SMILES string of the molecule is CCCNC(c1cc(F)ccc1OC)C1CCSC1. The number of thioether (sulfide) groups is 1. The fraction of sp³-hybridized carbons (Fsp3) is 0.600. The predicted molar refractivity (Wildman–Crippen MR) is 79.4 cm³/mol. The Morgan fingerprint density at radius 1 is 1.53 bits per heavy atom. The van der Waals surface area contributed by atoms with E-state index in [1.807, 2.05) is 11.8 Å². The van der Waals surface area contributed by atoms with Crippen LogP contribution < -0.4 is 10.1 Å². The Bertz CT molecular complexity index is 407. The lowest BCUT2D eigenvalue weighted by Gasteiger charge is -2.26. The minimum atomic E-state index is -0.190. The van der Waals surface area contributed by atoms with E-state index in [1.54, 1.807) is 19.2 Å². The van der Waals surface area contributed by atoms with Crippen molar-refractivity contribution < 1.29 is 9.13 Å². The van der Waals surface area contributed by atoms with Gasteiger partial charge in [-0.05, 0) is 55.0 Å². The third-order valence-corrected chi connectivity index (χ3v) is 4.77. The van der Waals surface area contributed by atoms with Crippen molar-refractivity contribution in [1.29, 1.82) is 0 Å². The van der Waals surface area contributed by atoms with E-state index in [0.717, 1.165) is 30.0 Å². The molecule has 2 atom stereocenters. The van der Waals surface area contributed by atoms with Crippen molar-refractivity contribution in [3.05, 3.63) is 29.6 Å². The number of nitrogens with one attached hydrogen (secondary N) is 1. The molecule has 1 fully saturated rings. The Morgan fingerprint density at radius 3 is 3.00 bits per heavy atom. The fourth-order valence-corrected chi connectivity index (χ4v) is 3.89. The predicted octanol–water partition coefficient (Wildman–Crippen LogP) is 3.63. The highest BCUT2D eigenvalue weighted by atomic mass is 32.2. The highest BCUT2D eigenvalue weighted by molar-refractivity contribution is 7.99. The van der Waals surface area contributed by atoms with Gasteiger partial charge in [0.25, 0.3) is 0 Å². The summed E-state index contributed by atoms with van der Waals surface area (Å²) in [4.78, 5) is 0. The number of hydrogen-bond acceptors (Lipinski definition) is 3. The molecule has 0 amide bonds. The fourth-order valence-electron chi connectivity index (χ4n) is 2.59. The van der Waals surface area contributed by atoms with Gasteiger partial charge in [-0.25, -0.2) is 4.39 Å². The summed E-state index contributed by atoms with van der Waals surface area (Å²) in [5.41, 5.74) is 0.962. The average molecular weight is 283 g/mol. The molecule has 0 saturated carbocycles. The van der Waals surface area contributed by atoms with Gasteiger partial charge >= 0.3 is 0 Å². The molecule has 1 aliphatic heterocycles. The summed E-state index contributed by atoms with van der Waals surface area (Å²) in [6, 6.07) is 5.01. The molecule has 1 aromatic rings. The van der Waals surface area contributed by atoms with Crippen molar-refractivity contribution in [2.75, 3.05) is 25.2 Å². The second-order valence-electron chi connectivity index (χ2n) is 4.94. The van der Waals surface area contributed by atoms with Crippen molar-refractivity contribution in [1.82, 2.24) is 5.32 Å². The minimum Gasteiger partial charge on any atom is -0.496 e. The Kier molecular flexibility index (Phi) is 5.52. The van der Waals surface area contributed by atoms with Crippen molar-refractivity contribution >= 4 is 11.8 Å². The summed E-state index contributed by atoms with van der Waals surface area (Å²) >= 11 is 1.98. The van der Waals surface area contributed by atoms with Crippen LogP contribution >= 0.6 is 11.8 Å². The molecular weight excluding hydrogens is 261 g/mol. The number of benzene rings is 1. The van der Waals surface area contributed by atoms with Gasteiger partial charge in [-0.1, -0.05) is 6.92 Å².